The van der Waals surface area contributed by atoms with Gasteiger partial charge in [0.2, 0.25) is 0 Å². The molecule has 0 spiro atoms. The van der Waals surface area contributed by atoms with Gasteiger partial charge in [-0.25, -0.2) is 21.7 Å². The maximum absolute atomic E-state index is 5.66. The summed E-state index contributed by atoms with van der Waals surface area (Å²) < 4.78 is 0. The third-order valence-corrected chi connectivity index (χ3v) is 3.50. The molecule has 0 aliphatic rings. The van der Waals surface area contributed by atoms with Crippen LogP contribution in [0.5, 0.6) is 0 Å². The van der Waals surface area contributed by atoms with Gasteiger partial charge in [0, 0.05) is 6.42 Å². The van der Waals surface area contributed by atoms with Gasteiger partial charge in [-0.2, -0.15) is 0 Å². The van der Waals surface area contributed by atoms with E-state index in [0.717, 1.165) is 16.7 Å². The molecule has 0 aliphatic carbocycles. The minimum Gasteiger partial charge on any atom is -0.308 e. The van der Waals surface area contributed by atoms with Crippen LogP contribution in [0.25, 0.3) is 11.1 Å². The Bertz CT molecular complexity index is 749. The van der Waals surface area contributed by atoms with E-state index in [9.17, 15) is 0 Å². The van der Waals surface area contributed by atoms with E-state index in [0.29, 0.717) is 23.9 Å². The molecule has 0 aliphatic heterocycles. The zero-order chi connectivity index (χ0) is 16.1. The number of anilines is 2. The molecule has 0 radical (unpaired) electrons. The van der Waals surface area contributed by atoms with Crippen LogP contribution >= 0.6 is 0 Å². The van der Waals surface area contributed by atoms with Gasteiger partial charge >= 0.3 is 0 Å². The molecule has 0 saturated carbocycles. The number of nitrogens with two attached hydrogens (primary N) is 2. The standard InChI is InChI=1S/C17H18N6/c18-22-16-15(13-9-5-2-6-10-13)17(23-19)21-14(20-16)11-12-7-3-1-4-8-12/h1-10H,11,18-19H2,(H2,20,21,22,23). The summed E-state index contributed by atoms with van der Waals surface area (Å²) >= 11 is 0. The van der Waals surface area contributed by atoms with Crippen LogP contribution in [0, 0.1) is 0 Å². The fourth-order valence-corrected chi connectivity index (χ4v) is 2.45. The molecule has 116 valence electrons. The average Bonchev–Trinajstić information content (AvgIpc) is 2.62. The lowest BCUT2D eigenvalue weighted by molar-refractivity contribution is 0.964. The zero-order valence-corrected chi connectivity index (χ0v) is 12.5. The SMILES string of the molecule is NNc1nc(Cc2ccccc2)nc(NN)c1-c1ccccc1. The zero-order valence-electron chi connectivity index (χ0n) is 12.5. The number of nitrogens with one attached hydrogen (secondary N) is 2. The molecule has 0 atom stereocenters. The lowest BCUT2D eigenvalue weighted by Gasteiger charge is -2.14. The second-order valence-corrected chi connectivity index (χ2v) is 5.03. The first kappa shape index (κ1) is 15.0. The number of nitrogen functional groups attached to an aromatic ring is 2. The Morgan fingerprint density at radius 3 is 1.78 bits per heavy atom. The minimum atomic E-state index is 0.532. The van der Waals surface area contributed by atoms with Crippen molar-refractivity contribution >= 4 is 11.6 Å². The number of benzene rings is 2. The van der Waals surface area contributed by atoms with Gasteiger partial charge in [0.05, 0.1) is 5.56 Å². The lowest BCUT2D eigenvalue weighted by Crippen LogP contribution is -2.17. The molecule has 2 aromatic carbocycles. The second kappa shape index (κ2) is 6.87. The first-order chi connectivity index (χ1) is 11.3. The summed E-state index contributed by atoms with van der Waals surface area (Å²) in [5, 5.41) is 0. The Morgan fingerprint density at radius 1 is 0.739 bits per heavy atom. The maximum Gasteiger partial charge on any atom is 0.153 e. The summed E-state index contributed by atoms with van der Waals surface area (Å²) in [6, 6.07) is 19.7. The fourth-order valence-electron chi connectivity index (χ4n) is 2.45. The van der Waals surface area contributed by atoms with Crippen LogP contribution in [0.2, 0.25) is 0 Å². The Labute approximate surface area is 134 Å². The number of aromatic nitrogens is 2. The van der Waals surface area contributed by atoms with Crippen LogP contribution < -0.4 is 22.5 Å². The number of hydrogen-bond donors (Lipinski definition) is 4. The van der Waals surface area contributed by atoms with Gasteiger partial charge in [0.25, 0.3) is 0 Å². The largest absolute Gasteiger partial charge is 0.308 e. The van der Waals surface area contributed by atoms with E-state index in [1.807, 2.05) is 60.7 Å². The topological polar surface area (TPSA) is 102 Å². The molecule has 0 unspecified atom stereocenters. The predicted octanol–water partition coefficient (Wildman–Crippen LogP) is 2.31. The predicted molar refractivity (Wildman–Crippen MR) is 92.3 cm³/mol. The van der Waals surface area contributed by atoms with Crippen molar-refractivity contribution in [1.82, 2.24) is 9.97 Å². The van der Waals surface area contributed by atoms with Crippen molar-refractivity contribution in [1.29, 1.82) is 0 Å². The molecule has 0 saturated heterocycles. The minimum absolute atomic E-state index is 0.532. The molecule has 3 rings (SSSR count). The van der Waals surface area contributed by atoms with E-state index in [1.165, 1.54) is 0 Å². The highest BCUT2D eigenvalue weighted by Crippen LogP contribution is 2.32. The van der Waals surface area contributed by atoms with Crippen LogP contribution in [0.3, 0.4) is 0 Å². The summed E-state index contributed by atoms with van der Waals surface area (Å²) in [4.78, 5) is 9.06. The molecular weight excluding hydrogens is 288 g/mol. The van der Waals surface area contributed by atoms with Crippen LogP contribution in [0.15, 0.2) is 60.7 Å². The van der Waals surface area contributed by atoms with Gasteiger partial charge in [-0.05, 0) is 11.1 Å². The quantitative estimate of drug-likeness (QED) is 0.426. The molecule has 6 nitrogen and oxygen atoms in total. The van der Waals surface area contributed by atoms with Gasteiger partial charge in [-0.15, -0.1) is 0 Å². The molecule has 6 N–H and O–H groups in total. The highest BCUT2D eigenvalue weighted by molar-refractivity contribution is 5.84. The second-order valence-electron chi connectivity index (χ2n) is 5.03. The van der Waals surface area contributed by atoms with Crippen LogP contribution in [0.4, 0.5) is 11.6 Å². The average molecular weight is 306 g/mol. The highest BCUT2D eigenvalue weighted by atomic mass is 15.3. The number of hydrogen-bond acceptors (Lipinski definition) is 6. The molecule has 23 heavy (non-hydrogen) atoms. The fraction of sp³-hybridized carbons (Fsp3) is 0.0588. The monoisotopic (exact) mass is 306 g/mol. The van der Waals surface area contributed by atoms with Crippen molar-refractivity contribution < 1.29 is 0 Å². The van der Waals surface area contributed by atoms with E-state index >= 15 is 0 Å². The summed E-state index contributed by atoms with van der Waals surface area (Å²) in [7, 11) is 0. The summed E-state index contributed by atoms with van der Waals surface area (Å²) in [6.45, 7) is 0. The molecule has 0 amide bonds. The Kier molecular flexibility index (Phi) is 4.46. The van der Waals surface area contributed by atoms with E-state index in [4.69, 9.17) is 11.7 Å². The van der Waals surface area contributed by atoms with Crippen molar-refractivity contribution in [2.75, 3.05) is 10.9 Å². The third-order valence-electron chi connectivity index (χ3n) is 3.50. The van der Waals surface area contributed by atoms with E-state index in [-0.39, 0.29) is 0 Å². The van der Waals surface area contributed by atoms with Gasteiger partial charge in [0.15, 0.2) is 11.6 Å². The van der Waals surface area contributed by atoms with Gasteiger partial charge < -0.3 is 10.9 Å². The normalized spacial score (nSPS) is 10.3. The molecular formula is C17H18N6. The van der Waals surface area contributed by atoms with Crippen molar-refractivity contribution in [3.8, 4) is 11.1 Å². The summed E-state index contributed by atoms with van der Waals surface area (Å²) in [6.07, 6.45) is 0.596. The Morgan fingerprint density at radius 2 is 1.26 bits per heavy atom. The van der Waals surface area contributed by atoms with Gasteiger partial charge in [0.1, 0.15) is 5.82 Å². The van der Waals surface area contributed by atoms with Crippen molar-refractivity contribution in [3.05, 3.63) is 72.1 Å². The van der Waals surface area contributed by atoms with Gasteiger partial charge in [-0.3, -0.25) is 0 Å². The highest BCUT2D eigenvalue weighted by Gasteiger charge is 2.15. The summed E-state index contributed by atoms with van der Waals surface area (Å²) in [5.74, 6) is 13.0. The first-order valence-electron chi connectivity index (χ1n) is 7.25. The van der Waals surface area contributed by atoms with E-state index in [2.05, 4.69) is 20.8 Å². The molecule has 0 bridgehead atoms. The number of nitrogens with zero attached hydrogens (tertiary/aromatic N) is 2. The molecule has 0 fully saturated rings. The van der Waals surface area contributed by atoms with Crippen molar-refractivity contribution in [2.45, 2.75) is 6.42 Å². The first-order valence-corrected chi connectivity index (χ1v) is 7.25. The van der Waals surface area contributed by atoms with Crippen LogP contribution in [0.1, 0.15) is 11.4 Å². The van der Waals surface area contributed by atoms with Crippen LogP contribution in [-0.4, -0.2) is 9.97 Å². The number of hydrazine groups is 2. The summed E-state index contributed by atoms with van der Waals surface area (Å²) in [5.41, 5.74) is 8.09. The smallest absolute Gasteiger partial charge is 0.153 e. The van der Waals surface area contributed by atoms with Gasteiger partial charge in [-0.1, -0.05) is 60.7 Å². The molecule has 6 heteroatoms. The van der Waals surface area contributed by atoms with Crippen molar-refractivity contribution in [3.63, 3.8) is 0 Å². The van der Waals surface area contributed by atoms with E-state index in [1.54, 1.807) is 0 Å². The van der Waals surface area contributed by atoms with E-state index < -0.39 is 0 Å². The molecule has 1 aromatic heterocycles. The Hall–Kier alpha value is -2.96. The third kappa shape index (κ3) is 3.28. The van der Waals surface area contributed by atoms with Crippen molar-refractivity contribution in [2.24, 2.45) is 11.7 Å². The molecule has 1 heterocycles. The lowest BCUT2D eigenvalue weighted by atomic mass is 10.1. The van der Waals surface area contributed by atoms with Crippen LogP contribution in [-0.2, 0) is 6.42 Å². The number of rotatable bonds is 5. The molecule has 3 aromatic rings. The maximum atomic E-state index is 5.66. The Balaban J connectivity index is 2.05.